The van der Waals surface area contributed by atoms with Gasteiger partial charge in [0.25, 0.3) is 0 Å². The van der Waals surface area contributed by atoms with Crippen LogP contribution < -0.4 is 11.5 Å². The summed E-state index contributed by atoms with van der Waals surface area (Å²) in [5, 5.41) is 0. The fourth-order valence-electron chi connectivity index (χ4n) is 4.70. The summed E-state index contributed by atoms with van der Waals surface area (Å²) < 4.78 is 23.2. The van der Waals surface area contributed by atoms with Crippen molar-refractivity contribution in [1.82, 2.24) is 9.97 Å². The van der Waals surface area contributed by atoms with Gasteiger partial charge in [-0.3, -0.25) is 9.98 Å². The van der Waals surface area contributed by atoms with Gasteiger partial charge in [0.05, 0.1) is 25.3 Å². The number of fused-ring (bicyclic) bond motifs is 2. The highest BCUT2D eigenvalue weighted by atomic mass is 16.5. The molecule has 10 nitrogen and oxygen atoms in total. The van der Waals surface area contributed by atoms with Crippen molar-refractivity contribution in [2.45, 2.75) is 44.3 Å². The standard InChI is InChI=1S/C27H30N6O4/c28-26(30-14-18-3-1-9-34-18)16-5-7-20-22(11-16)36-24(32-20)13-25-33-21-8-6-17(12-23(21)37-25)27(29)31-15-19-4-2-10-35-19/h5-8,11-12,18-19H,1-4,9-10,13-15H2,(H2,28,30)(H2,29,31). The number of ether oxygens (including phenoxy) is 2. The predicted molar refractivity (Wildman–Crippen MR) is 140 cm³/mol. The van der Waals surface area contributed by atoms with Crippen LogP contribution in [0.4, 0.5) is 0 Å². The molecule has 2 saturated heterocycles. The number of aliphatic imine (C=N–C) groups is 2. The Bertz CT molecular complexity index is 1350. The zero-order valence-electron chi connectivity index (χ0n) is 20.6. The Morgan fingerprint density at radius 1 is 0.757 bits per heavy atom. The van der Waals surface area contributed by atoms with Crippen LogP contribution in [0.3, 0.4) is 0 Å². The van der Waals surface area contributed by atoms with Crippen molar-refractivity contribution in [2.24, 2.45) is 21.5 Å². The quantitative estimate of drug-likeness (QED) is 0.275. The number of amidine groups is 2. The van der Waals surface area contributed by atoms with Gasteiger partial charge in [0.1, 0.15) is 29.1 Å². The number of nitrogens with two attached hydrogens (primary N) is 2. The van der Waals surface area contributed by atoms with E-state index in [-0.39, 0.29) is 12.2 Å². The van der Waals surface area contributed by atoms with Crippen molar-refractivity contribution in [2.75, 3.05) is 26.3 Å². The second kappa shape index (κ2) is 10.3. The van der Waals surface area contributed by atoms with E-state index in [1.807, 2.05) is 36.4 Å². The average Bonchev–Trinajstić information content (AvgIpc) is 3.71. The van der Waals surface area contributed by atoms with Gasteiger partial charge >= 0.3 is 0 Å². The molecule has 6 rings (SSSR count). The van der Waals surface area contributed by atoms with Gasteiger partial charge in [-0.2, -0.15) is 0 Å². The van der Waals surface area contributed by atoms with E-state index in [2.05, 4.69) is 20.0 Å². The Balaban J connectivity index is 1.15. The maximum atomic E-state index is 6.21. The monoisotopic (exact) mass is 502 g/mol. The third kappa shape index (κ3) is 5.35. The Labute approximate surface area is 213 Å². The number of nitrogens with zero attached hydrogens (tertiary/aromatic N) is 4. The summed E-state index contributed by atoms with van der Waals surface area (Å²) in [6.07, 6.45) is 4.83. The molecule has 4 aromatic rings. The minimum absolute atomic E-state index is 0.154. The Hall–Kier alpha value is -3.76. The molecular formula is C27H30N6O4. The van der Waals surface area contributed by atoms with Gasteiger partial charge in [0, 0.05) is 24.3 Å². The lowest BCUT2D eigenvalue weighted by molar-refractivity contribution is 0.117. The molecule has 0 aliphatic carbocycles. The van der Waals surface area contributed by atoms with Crippen molar-refractivity contribution in [1.29, 1.82) is 0 Å². The first kappa shape index (κ1) is 23.6. The van der Waals surface area contributed by atoms with Crippen LogP contribution >= 0.6 is 0 Å². The van der Waals surface area contributed by atoms with E-state index in [9.17, 15) is 0 Å². The minimum Gasteiger partial charge on any atom is -0.440 e. The molecule has 2 unspecified atom stereocenters. The van der Waals surface area contributed by atoms with E-state index in [0.717, 1.165) is 61.1 Å². The second-order valence-corrected chi connectivity index (χ2v) is 9.48. The molecule has 10 heteroatoms. The van der Waals surface area contributed by atoms with Gasteiger partial charge in [0.15, 0.2) is 11.2 Å². The van der Waals surface area contributed by atoms with Gasteiger partial charge in [-0.25, -0.2) is 9.97 Å². The number of rotatable bonds is 8. The van der Waals surface area contributed by atoms with E-state index in [4.69, 9.17) is 29.8 Å². The zero-order chi connectivity index (χ0) is 25.2. The van der Waals surface area contributed by atoms with Gasteiger partial charge < -0.3 is 29.8 Å². The molecule has 2 atom stereocenters. The lowest BCUT2D eigenvalue weighted by Crippen LogP contribution is -2.17. The summed E-state index contributed by atoms with van der Waals surface area (Å²) in [6, 6.07) is 11.3. The number of hydrogen-bond acceptors (Lipinski definition) is 8. The molecule has 0 amide bonds. The normalized spacial score (nSPS) is 21.0. The molecule has 192 valence electrons. The van der Waals surface area contributed by atoms with E-state index in [0.29, 0.717) is 54.1 Å². The van der Waals surface area contributed by atoms with Crippen LogP contribution in [0.25, 0.3) is 22.2 Å². The van der Waals surface area contributed by atoms with Crippen LogP contribution in [0.15, 0.2) is 55.2 Å². The third-order valence-corrected chi connectivity index (χ3v) is 6.74. The molecular weight excluding hydrogens is 472 g/mol. The summed E-state index contributed by atoms with van der Waals surface area (Å²) in [6.45, 7) is 2.73. The van der Waals surface area contributed by atoms with Crippen LogP contribution in [-0.4, -0.2) is 60.2 Å². The molecule has 2 fully saturated rings. The van der Waals surface area contributed by atoms with Gasteiger partial charge in [0.2, 0.25) is 11.8 Å². The minimum atomic E-state index is 0.154. The highest BCUT2D eigenvalue weighted by molar-refractivity contribution is 6.00. The first-order chi connectivity index (χ1) is 18.1. The lowest BCUT2D eigenvalue weighted by atomic mass is 10.2. The molecule has 2 aliphatic rings. The van der Waals surface area contributed by atoms with Crippen molar-refractivity contribution in [3.8, 4) is 0 Å². The molecule has 4 heterocycles. The van der Waals surface area contributed by atoms with Gasteiger partial charge in [-0.05, 0) is 62.1 Å². The van der Waals surface area contributed by atoms with Crippen molar-refractivity contribution in [3.63, 3.8) is 0 Å². The van der Waals surface area contributed by atoms with E-state index in [1.54, 1.807) is 0 Å². The fraction of sp³-hybridized carbons (Fsp3) is 0.407. The third-order valence-electron chi connectivity index (χ3n) is 6.74. The van der Waals surface area contributed by atoms with Gasteiger partial charge in [-0.15, -0.1) is 0 Å². The molecule has 2 aromatic carbocycles. The first-order valence-electron chi connectivity index (χ1n) is 12.7. The fourth-order valence-corrected chi connectivity index (χ4v) is 4.70. The molecule has 0 saturated carbocycles. The summed E-state index contributed by atoms with van der Waals surface area (Å²) in [4.78, 5) is 18.1. The highest BCUT2D eigenvalue weighted by Crippen LogP contribution is 2.23. The Morgan fingerprint density at radius 3 is 1.68 bits per heavy atom. The molecule has 0 bridgehead atoms. The van der Waals surface area contributed by atoms with Crippen molar-refractivity contribution < 1.29 is 18.3 Å². The maximum Gasteiger partial charge on any atom is 0.204 e. The van der Waals surface area contributed by atoms with E-state index in [1.165, 1.54) is 0 Å². The van der Waals surface area contributed by atoms with Crippen LogP contribution in [0.1, 0.15) is 48.6 Å². The van der Waals surface area contributed by atoms with Gasteiger partial charge in [-0.1, -0.05) is 0 Å². The SMILES string of the molecule is NC(=NCC1CCCO1)c1ccc2nc(Cc3nc4ccc(C(N)=NCC5CCCO5)cc4o3)oc2c1. The lowest BCUT2D eigenvalue weighted by Gasteiger charge is -2.06. The second-order valence-electron chi connectivity index (χ2n) is 9.48. The summed E-state index contributed by atoms with van der Waals surface area (Å²) >= 11 is 0. The number of aromatic nitrogens is 2. The molecule has 2 aliphatic heterocycles. The number of oxazole rings is 2. The summed E-state index contributed by atoms with van der Waals surface area (Å²) in [7, 11) is 0. The number of hydrogen-bond donors (Lipinski definition) is 2. The largest absolute Gasteiger partial charge is 0.440 e. The van der Waals surface area contributed by atoms with Crippen molar-refractivity contribution in [3.05, 3.63) is 59.3 Å². The first-order valence-corrected chi connectivity index (χ1v) is 12.7. The molecule has 2 aromatic heterocycles. The van der Waals surface area contributed by atoms with Crippen molar-refractivity contribution >= 4 is 33.9 Å². The van der Waals surface area contributed by atoms with Crippen LogP contribution in [0.2, 0.25) is 0 Å². The molecule has 0 radical (unpaired) electrons. The maximum absolute atomic E-state index is 6.21. The summed E-state index contributed by atoms with van der Waals surface area (Å²) in [5.41, 5.74) is 16.7. The van der Waals surface area contributed by atoms with Crippen LogP contribution in [0, 0.1) is 0 Å². The highest BCUT2D eigenvalue weighted by Gasteiger charge is 2.17. The topological polar surface area (TPSA) is 147 Å². The van der Waals surface area contributed by atoms with E-state index < -0.39 is 0 Å². The molecule has 0 spiro atoms. The Morgan fingerprint density at radius 2 is 1.24 bits per heavy atom. The van der Waals surface area contributed by atoms with E-state index >= 15 is 0 Å². The summed E-state index contributed by atoms with van der Waals surface area (Å²) in [5.74, 6) is 1.94. The molecule has 4 N–H and O–H groups in total. The molecule has 37 heavy (non-hydrogen) atoms. The smallest absolute Gasteiger partial charge is 0.204 e. The predicted octanol–water partition coefficient (Wildman–Crippen LogP) is 3.33. The van der Waals surface area contributed by atoms with Crippen LogP contribution in [0.5, 0.6) is 0 Å². The average molecular weight is 503 g/mol. The van der Waals surface area contributed by atoms with Crippen LogP contribution in [-0.2, 0) is 15.9 Å². The Kier molecular flexibility index (Phi) is 6.58. The zero-order valence-corrected chi connectivity index (χ0v) is 20.6. The number of benzene rings is 2.